The van der Waals surface area contributed by atoms with Crippen molar-refractivity contribution in [1.82, 2.24) is 4.98 Å². The molecule has 0 amide bonds. The summed E-state index contributed by atoms with van der Waals surface area (Å²) in [5.41, 5.74) is 4.65. The van der Waals surface area contributed by atoms with Crippen molar-refractivity contribution >= 4 is 35.3 Å². The normalized spacial score (nSPS) is 11.7. The maximum atomic E-state index is 10.6. The summed E-state index contributed by atoms with van der Waals surface area (Å²) in [7, 11) is 0. The monoisotopic (exact) mass is 431 g/mol. The average molecular weight is 432 g/mol. The van der Waals surface area contributed by atoms with Crippen LogP contribution in [0.4, 0.5) is 4.79 Å². The van der Waals surface area contributed by atoms with Crippen LogP contribution < -0.4 is 0 Å². The number of benzene rings is 2. The van der Waals surface area contributed by atoms with Crippen LogP contribution in [0, 0.1) is 0 Å². The van der Waals surface area contributed by atoms with Gasteiger partial charge in [-0.2, -0.15) is 0 Å². The van der Waals surface area contributed by atoms with Crippen LogP contribution in [0.25, 0.3) is 11.1 Å². The molecular weight excluding hydrogens is 417 g/mol. The Kier molecular flexibility index (Phi) is 6.36. The van der Waals surface area contributed by atoms with E-state index in [2.05, 4.69) is 17.1 Å². The van der Waals surface area contributed by atoms with Crippen LogP contribution in [-0.2, 0) is 4.74 Å². The van der Waals surface area contributed by atoms with Crippen molar-refractivity contribution < 1.29 is 24.5 Å². The molecule has 29 heavy (non-hydrogen) atoms. The van der Waals surface area contributed by atoms with Gasteiger partial charge < -0.3 is 14.9 Å². The van der Waals surface area contributed by atoms with Gasteiger partial charge in [0.05, 0.1) is 10.6 Å². The molecule has 2 aromatic carbocycles. The first-order chi connectivity index (χ1) is 13.9. The SMILES string of the molecule is O=C(O)OCC1c2ccccc2-c2ccccc21.O=C(O)c1cnc(Cl)c(Cl)c1. The standard InChI is InChI=1S/C15H12O3.C6H3Cl2NO2/c16-15(17)18-9-14-12-7-3-1-5-10(12)11-6-2-4-8-13(11)14;7-4-1-3(6(10)11)2-9-5(4)8/h1-8,14H,9H2,(H,16,17);1-2H,(H,10,11). The van der Waals surface area contributed by atoms with E-state index in [0.29, 0.717) is 0 Å². The van der Waals surface area contributed by atoms with E-state index in [1.54, 1.807) is 0 Å². The largest absolute Gasteiger partial charge is 0.505 e. The van der Waals surface area contributed by atoms with Crippen LogP contribution in [-0.4, -0.2) is 33.9 Å². The Morgan fingerprint density at radius 3 is 2.00 bits per heavy atom. The molecule has 1 heterocycles. The van der Waals surface area contributed by atoms with Gasteiger partial charge in [0, 0.05) is 12.1 Å². The topological polar surface area (TPSA) is 96.7 Å². The molecule has 2 N–H and O–H groups in total. The zero-order chi connectivity index (χ0) is 21.0. The van der Waals surface area contributed by atoms with Gasteiger partial charge in [0.15, 0.2) is 0 Å². The Hall–Kier alpha value is -3.09. The van der Waals surface area contributed by atoms with Crippen molar-refractivity contribution in [3.05, 3.63) is 87.7 Å². The minimum absolute atomic E-state index is 0.00787. The van der Waals surface area contributed by atoms with E-state index in [9.17, 15) is 9.59 Å². The molecule has 0 unspecified atom stereocenters. The number of nitrogens with zero attached hydrogens (tertiary/aromatic N) is 1. The number of halogens is 2. The minimum atomic E-state index is -1.23. The lowest BCUT2D eigenvalue weighted by Crippen LogP contribution is -2.10. The molecule has 4 rings (SSSR count). The Labute approximate surface area is 176 Å². The summed E-state index contributed by atoms with van der Waals surface area (Å²) < 4.78 is 4.76. The molecule has 1 aliphatic carbocycles. The van der Waals surface area contributed by atoms with Crippen LogP contribution in [0.2, 0.25) is 10.2 Å². The zero-order valence-electron chi connectivity index (χ0n) is 14.9. The quantitative estimate of drug-likeness (QED) is 0.414. The lowest BCUT2D eigenvalue weighted by atomic mass is 9.98. The molecule has 0 saturated heterocycles. The van der Waals surface area contributed by atoms with Gasteiger partial charge in [-0.15, -0.1) is 0 Å². The van der Waals surface area contributed by atoms with Gasteiger partial charge >= 0.3 is 12.1 Å². The molecule has 8 heteroatoms. The molecule has 0 saturated carbocycles. The number of ether oxygens (including phenoxy) is 1. The van der Waals surface area contributed by atoms with E-state index in [1.807, 2.05) is 36.4 Å². The Morgan fingerprint density at radius 1 is 0.966 bits per heavy atom. The van der Waals surface area contributed by atoms with Crippen molar-refractivity contribution in [3.8, 4) is 11.1 Å². The minimum Gasteiger partial charge on any atom is -0.478 e. The second-order valence-electron chi connectivity index (χ2n) is 6.11. The highest BCUT2D eigenvalue weighted by Crippen LogP contribution is 2.44. The molecule has 0 bridgehead atoms. The van der Waals surface area contributed by atoms with Crippen LogP contribution >= 0.6 is 23.2 Å². The summed E-state index contributed by atoms with van der Waals surface area (Å²) in [5.74, 6) is -1.07. The first kappa shape index (κ1) is 20.6. The van der Waals surface area contributed by atoms with Crippen molar-refractivity contribution in [1.29, 1.82) is 0 Å². The molecule has 0 spiro atoms. The van der Waals surface area contributed by atoms with E-state index in [0.717, 1.165) is 17.3 Å². The second-order valence-corrected chi connectivity index (χ2v) is 6.87. The van der Waals surface area contributed by atoms with Crippen LogP contribution in [0.1, 0.15) is 27.4 Å². The van der Waals surface area contributed by atoms with Crippen molar-refractivity contribution in [2.75, 3.05) is 6.61 Å². The lowest BCUT2D eigenvalue weighted by Gasteiger charge is -2.12. The number of aromatic nitrogens is 1. The Bertz CT molecular complexity index is 1020. The molecule has 1 aliphatic rings. The fourth-order valence-electron chi connectivity index (χ4n) is 3.13. The van der Waals surface area contributed by atoms with Gasteiger partial charge in [-0.3, -0.25) is 0 Å². The van der Waals surface area contributed by atoms with Crippen molar-refractivity contribution in [2.45, 2.75) is 5.92 Å². The van der Waals surface area contributed by atoms with Gasteiger partial charge in [-0.25, -0.2) is 14.6 Å². The summed E-state index contributed by atoms with van der Waals surface area (Å²) in [6.07, 6.45) is -0.0758. The number of carbonyl (C=O) groups is 2. The summed E-state index contributed by atoms with van der Waals surface area (Å²) in [5, 5.41) is 17.4. The van der Waals surface area contributed by atoms with Gasteiger partial charge in [-0.05, 0) is 28.3 Å². The van der Waals surface area contributed by atoms with Gasteiger partial charge in [0.25, 0.3) is 0 Å². The van der Waals surface area contributed by atoms with Crippen LogP contribution in [0.5, 0.6) is 0 Å². The molecular formula is C21H15Cl2NO5. The highest BCUT2D eigenvalue weighted by molar-refractivity contribution is 6.41. The Morgan fingerprint density at radius 2 is 1.52 bits per heavy atom. The highest BCUT2D eigenvalue weighted by atomic mass is 35.5. The molecule has 3 aromatic rings. The molecule has 1 aromatic heterocycles. The number of pyridine rings is 1. The maximum Gasteiger partial charge on any atom is 0.505 e. The van der Waals surface area contributed by atoms with Gasteiger partial charge in [0.2, 0.25) is 0 Å². The average Bonchev–Trinajstić information content (AvgIpc) is 3.03. The predicted molar refractivity (Wildman–Crippen MR) is 109 cm³/mol. The summed E-state index contributed by atoms with van der Waals surface area (Å²) in [6, 6.07) is 17.4. The smallest absolute Gasteiger partial charge is 0.478 e. The predicted octanol–water partition coefficient (Wildman–Crippen LogP) is 5.58. The molecule has 0 aliphatic heterocycles. The van der Waals surface area contributed by atoms with Gasteiger partial charge in [0.1, 0.15) is 11.8 Å². The number of hydrogen-bond donors (Lipinski definition) is 2. The number of carboxylic acids is 1. The number of rotatable bonds is 3. The number of hydrogen-bond acceptors (Lipinski definition) is 4. The molecule has 0 fully saturated rings. The molecule has 148 valence electrons. The van der Waals surface area contributed by atoms with E-state index in [4.69, 9.17) is 38.2 Å². The summed E-state index contributed by atoms with van der Waals surface area (Å²) in [4.78, 5) is 24.4. The third kappa shape index (κ3) is 4.67. The fraction of sp³-hybridized carbons (Fsp3) is 0.0952. The Balaban J connectivity index is 0.000000188. The number of fused-ring (bicyclic) bond motifs is 3. The first-order valence-corrected chi connectivity index (χ1v) is 9.22. The van der Waals surface area contributed by atoms with Crippen molar-refractivity contribution in [3.63, 3.8) is 0 Å². The maximum absolute atomic E-state index is 10.6. The lowest BCUT2D eigenvalue weighted by molar-refractivity contribution is 0.0695. The van der Waals surface area contributed by atoms with Crippen LogP contribution in [0.15, 0.2) is 60.8 Å². The third-order valence-corrected chi connectivity index (χ3v) is 5.07. The number of carboxylic acid groups (broad SMARTS) is 2. The molecule has 6 nitrogen and oxygen atoms in total. The van der Waals surface area contributed by atoms with E-state index in [-0.39, 0.29) is 28.3 Å². The molecule has 0 radical (unpaired) electrons. The fourth-order valence-corrected chi connectivity index (χ4v) is 3.40. The van der Waals surface area contributed by atoms with E-state index < -0.39 is 12.1 Å². The third-order valence-electron chi connectivity index (χ3n) is 4.38. The van der Waals surface area contributed by atoms with Gasteiger partial charge in [-0.1, -0.05) is 71.7 Å². The van der Waals surface area contributed by atoms with E-state index >= 15 is 0 Å². The second kappa shape index (κ2) is 8.94. The van der Waals surface area contributed by atoms with Crippen LogP contribution in [0.3, 0.4) is 0 Å². The van der Waals surface area contributed by atoms with Crippen molar-refractivity contribution in [2.24, 2.45) is 0 Å². The highest BCUT2D eigenvalue weighted by Gasteiger charge is 2.28. The summed E-state index contributed by atoms with van der Waals surface area (Å²) >= 11 is 10.9. The number of aromatic carboxylic acids is 1. The van der Waals surface area contributed by atoms with E-state index in [1.165, 1.54) is 17.2 Å². The first-order valence-electron chi connectivity index (χ1n) is 8.46. The summed E-state index contributed by atoms with van der Waals surface area (Å²) in [6.45, 7) is 0.170. The molecule has 0 atom stereocenters. The zero-order valence-corrected chi connectivity index (χ0v) is 16.4.